The molecule has 1 saturated heterocycles. The van der Waals surface area contributed by atoms with Gasteiger partial charge in [0, 0.05) is 32.1 Å². The average molecular weight is 237 g/mol. The number of hydrogen-bond acceptors (Lipinski definition) is 2. The lowest BCUT2D eigenvalue weighted by molar-refractivity contribution is 0.235. The zero-order valence-corrected chi connectivity index (χ0v) is 9.50. The van der Waals surface area contributed by atoms with E-state index in [1.165, 1.54) is 12.1 Å². The Morgan fingerprint density at radius 2 is 2.24 bits per heavy atom. The van der Waals surface area contributed by atoms with Crippen LogP contribution in [0, 0.1) is 11.7 Å². The van der Waals surface area contributed by atoms with Gasteiger partial charge in [-0.3, -0.25) is 0 Å². The van der Waals surface area contributed by atoms with Gasteiger partial charge in [-0.25, -0.2) is 9.18 Å². The maximum atomic E-state index is 12.9. The predicted octanol–water partition coefficient (Wildman–Crippen LogP) is 0.844. The van der Waals surface area contributed by atoms with Crippen molar-refractivity contribution >= 4 is 6.03 Å². The number of urea groups is 1. The lowest BCUT2D eigenvalue weighted by Gasteiger charge is -2.27. The third kappa shape index (κ3) is 3.71. The largest absolute Gasteiger partial charge is 0.338 e. The van der Waals surface area contributed by atoms with Crippen molar-refractivity contribution in [3.8, 4) is 0 Å². The van der Waals surface area contributed by atoms with Gasteiger partial charge in [0.15, 0.2) is 0 Å². The number of carbonyl (C=O) groups is 1. The maximum Gasteiger partial charge on any atom is 0.315 e. The summed E-state index contributed by atoms with van der Waals surface area (Å²) in [5.41, 5.74) is 0.755. The molecule has 1 aliphatic rings. The van der Waals surface area contributed by atoms with E-state index in [2.05, 4.69) is 16.0 Å². The molecule has 0 aliphatic carbocycles. The summed E-state index contributed by atoms with van der Waals surface area (Å²) in [4.78, 5) is 11.4. The van der Waals surface area contributed by atoms with Crippen molar-refractivity contribution in [2.75, 3.05) is 19.6 Å². The number of carbonyl (C=O) groups excluding carboxylic acids is 1. The topological polar surface area (TPSA) is 53.2 Å². The van der Waals surface area contributed by atoms with Crippen molar-refractivity contribution in [3.05, 3.63) is 35.6 Å². The monoisotopic (exact) mass is 237 g/mol. The molecule has 0 spiro atoms. The van der Waals surface area contributed by atoms with Crippen molar-refractivity contribution in [1.29, 1.82) is 0 Å². The highest BCUT2D eigenvalue weighted by atomic mass is 19.1. The Kier molecular flexibility index (Phi) is 3.93. The Hall–Kier alpha value is -1.62. The molecule has 0 saturated carbocycles. The quantitative estimate of drug-likeness (QED) is 0.727. The summed E-state index contributed by atoms with van der Waals surface area (Å²) in [5.74, 6) is 0.250. The molecule has 0 aromatic heterocycles. The van der Waals surface area contributed by atoms with Crippen molar-refractivity contribution < 1.29 is 9.18 Å². The molecule has 3 N–H and O–H groups in total. The Balaban J connectivity index is 1.68. The first-order valence-electron chi connectivity index (χ1n) is 5.71. The standard InChI is InChI=1S/C12H16FN3O/c13-11-3-1-2-9(4-11)7-15-12(17)16-8-10-5-14-6-10/h1-4,10,14H,5-8H2,(H2,15,16,17). The van der Waals surface area contributed by atoms with Crippen LogP contribution in [-0.4, -0.2) is 25.7 Å². The average Bonchev–Trinajstić information content (AvgIpc) is 2.24. The molecule has 0 atom stereocenters. The van der Waals surface area contributed by atoms with E-state index < -0.39 is 0 Å². The summed E-state index contributed by atoms with van der Waals surface area (Å²) in [6.45, 7) is 2.95. The molecule has 1 aliphatic heterocycles. The third-order valence-electron chi connectivity index (χ3n) is 2.76. The van der Waals surface area contributed by atoms with Gasteiger partial charge in [0.25, 0.3) is 0 Å². The first-order chi connectivity index (χ1) is 8.24. The van der Waals surface area contributed by atoms with Crippen LogP contribution in [0.15, 0.2) is 24.3 Å². The number of hydrogen-bond donors (Lipinski definition) is 3. The third-order valence-corrected chi connectivity index (χ3v) is 2.76. The van der Waals surface area contributed by atoms with Gasteiger partial charge in [-0.1, -0.05) is 12.1 Å². The van der Waals surface area contributed by atoms with Crippen LogP contribution in [0.25, 0.3) is 0 Å². The predicted molar refractivity (Wildman–Crippen MR) is 63.0 cm³/mol. The van der Waals surface area contributed by atoms with Gasteiger partial charge in [0.05, 0.1) is 0 Å². The summed E-state index contributed by atoms with van der Waals surface area (Å²) in [6, 6.07) is 5.99. The first-order valence-corrected chi connectivity index (χ1v) is 5.71. The molecule has 2 amide bonds. The molecule has 1 fully saturated rings. The van der Waals surface area contributed by atoms with Gasteiger partial charge in [-0.2, -0.15) is 0 Å². The van der Waals surface area contributed by atoms with Crippen LogP contribution in [0.3, 0.4) is 0 Å². The first kappa shape index (κ1) is 11.9. The Morgan fingerprint density at radius 3 is 2.88 bits per heavy atom. The molecule has 5 heteroatoms. The van der Waals surface area contributed by atoms with E-state index >= 15 is 0 Å². The molecule has 0 radical (unpaired) electrons. The van der Waals surface area contributed by atoms with Gasteiger partial charge in [0.2, 0.25) is 0 Å². The van der Waals surface area contributed by atoms with Gasteiger partial charge in [-0.15, -0.1) is 0 Å². The highest BCUT2D eigenvalue weighted by Crippen LogP contribution is 2.03. The summed E-state index contributed by atoms with van der Waals surface area (Å²) in [6.07, 6.45) is 0. The molecule has 4 nitrogen and oxygen atoms in total. The molecular formula is C12H16FN3O. The van der Waals surface area contributed by atoms with Crippen LogP contribution in [-0.2, 0) is 6.54 Å². The summed E-state index contributed by atoms with van der Waals surface area (Å²) in [5, 5.41) is 8.61. The summed E-state index contributed by atoms with van der Waals surface area (Å²) < 4.78 is 12.9. The van der Waals surface area contributed by atoms with Crippen molar-refractivity contribution in [1.82, 2.24) is 16.0 Å². The zero-order chi connectivity index (χ0) is 12.1. The molecule has 1 heterocycles. The van der Waals surface area contributed by atoms with E-state index in [1.54, 1.807) is 12.1 Å². The summed E-state index contributed by atoms with van der Waals surface area (Å²) in [7, 11) is 0. The van der Waals surface area contributed by atoms with Crippen LogP contribution in [0.4, 0.5) is 9.18 Å². The van der Waals surface area contributed by atoms with E-state index in [1.807, 2.05) is 0 Å². The van der Waals surface area contributed by atoms with Crippen LogP contribution >= 0.6 is 0 Å². The summed E-state index contributed by atoms with van der Waals surface area (Å²) >= 11 is 0. The molecule has 0 unspecified atom stereocenters. The number of rotatable bonds is 4. The smallest absolute Gasteiger partial charge is 0.315 e. The molecule has 1 aromatic carbocycles. The van der Waals surface area contributed by atoms with E-state index in [0.29, 0.717) is 19.0 Å². The van der Waals surface area contributed by atoms with E-state index in [-0.39, 0.29) is 11.8 Å². The van der Waals surface area contributed by atoms with Crippen LogP contribution in [0.2, 0.25) is 0 Å². The minimum absolute atomic E-state index is 0.207. The fraction of sp³-hybridized carbons (Fsp3) is 0.417. The van der Waals surface area contributed by atoms with Crippen LogP contribution in [0.5, 0.6) is 0 Å². The van der Waals surface area contributed by atoms with Gasteiger partial charge >= 0.3 is 6.03 Å². The Labute approximate surface area is 99.6 Å². The van der Waals surface area contributed by atoms with E-state index in [4.69, 9.17) is 0 Å². The minimum Gasteiger partial charge on any atom is -0.338 e. The fourth-order valence-electron chi connectivity index (χ4n) is 1.62. The van der Waals surface area contributed by atoms with Crippen LogP contribution < -0.4 is 16.0 Å². The minimum atomic E-state index is -0.287. The fourth-order valence-corrected chi connectivity index (χ4v) is 1.62. The lowest BCUT2D eigenvalue weighted by Crippen LogP contribution is -2.49. The number of nitrogens with one attached hydrogen (secondary N) is 3. The number of benzene rings is 1. The van der Waals surface area contributed by atoms with Gasteiger partial charge < -0.3 is 16.0 Å². The van der Waals surface area contributed by atoms with Crippen molar-refractivity contribution in [3.63, 3.8) is 0 Å². The van der Waals surface area contributed by atoms with E-state index in [9.17, 15) is 9.18 Å². The molecule has 92 valence electrons. The molecular weight excluding hydrogens is 221 g/mol. The second-order valence-electron chi connectivity index (χ2n) is 4.22. The molecule has 2 rings (SSSR count). The Bertz CT molecular complexity index is 393. The number of halogens is 1. The molecule has 17 heavy (non-hydrogen) atoms. The number of amides is 2. The van der Waals surface area contributed by atoms with Crippen LogP contribution in [0.1, 0.15) is 5.56 Å². The zero-order valence-electron chi connectivity index (χ0n) is 9.50. The Morgan fingerprint density at radius 1 is 1.41 bits per heavy atom. The second-order valence-corrected chi connectivity index (χ2v) is 4.22. The molecule has 0 bridgehead atoms. The SMILES string of the molecule is O=C(NCc1cccc(F)c1)NCC1CNC1. The normalized spacial score (nSPS) is 15.1. The lowest BCUT2D eigenvalue weighted by atomic mass is 10.0. The van der Waals surface area contributed by atoms with Crippen molar-refractivity contribution in [2.24, 2.45) is 5.92 Å². The van der Waals surface area contributed by atoms with E-state index in [0.717, 1.165) is 18.7 Å². The second kappa shape index (κ2) is 5.63. The van der Waals surface area contributed by atoms with Crippen molar-refractivity contribution in [2.45, 2.75) is 6.54 Å². The highest BCUT2D eigenvalue weighted by molar-refractivity contribution is 5.73. The highest BCUT2D eigenvalue weighted by Gasteiger charge is 2.16. The molecule has 1 aromatic rings. The maximum absolute atomic E-state index is 12.9. The van der Waals surface area contributed by atoms with Gasteiger partial charge in [-0.05, 0) is 17.7 Å². The van der Waals surface area contributed by atoms with Gasteiger partial charge in [0.1, 0.15) is 5.82 Å².